The summed E-state index contributed by atoms with van der Waals surface area (Å²) in [6.45, 7) is 11.2. The zero-order chi connectivity index (χ0) is 23.2. The zero-order valence-electron chi connectivity index (χ0n) is 19.0. The van der Waals surface area contributed by atoms with E-state index in [1.165, 1.54) is 0 Å². The number of hydrogen-bond acceptors (Lipinski definition) is 5. The van der Waals surface area contributed by atoms with E-state index in [9.17, 15) is 9.59 Å². The van der Waals surface area contributed by atoms with Crippen LogP contribution in [-0.2, 0) is 9.53 Å². The Morgan fingerprint density at radius 1 is 1.35 bits per heavy atom. The van der Waals surface area contributed by atoms with Gasteiger partial charge in [-0.1, -0.05) is 38.4 Å². The predicted octanol–water partition coefficient (Wildman–Crippen LogP) is 4.41. The third-order valence-electron chi connectivity index (χ3n) is 4.73. The molecule has 2 amide bonds. The van der Waals surface area contributed by atoms with Crippen molar-refractivity contribution in [1.82, 2.24) is 10.2 Å². The highest BCUT2D eigenvalue weighted by atomic mass is 35.5. The number of urea groups is 1. The number of nitrogens with two attached hydrogens (primary N) is 1. The van der Waals surface area contributed by atoms with Crippen LogP contribution in [0.3, 0.4) is 0 Å². The Balaban J connectivity index is 2.15. The molecule has 2 atom stereocenters. The zero-order valence-corrected chi connectivity index (χ0v) is 19.8. The van der Waals surface area contributed by atoms with Crippen molar-refractivity contribution in [2.45, 2.75) is 59.5 Å². The number of esters is 1. The number of halogens is 1. The number of ether oxygens (including phenoxy) is 2. The van der Waals surface area contributed by atoms with Crippen LogP contribution >= 0.6 is 11.6 Å². The Labute approximate surface area is 189 Å². The van der Waals surface area contributed by atoms with Gasteiger partial charge in [0, 0.05) is 25.2 Å². The third-order valence-corrected chi connectivity index (χ3v) is 5.02. The van der Waals surface area contributed by atoms with Crippen LogP contribution < -0.4 is 15.8 Å². The lowest BCUT2D eigenvalue weighted by molar-refractivity contribution is -0.143. The van der Waals surface area contributed by atoms with Gasteiger partial charge in [-0.25, -0.2) is 4.79 Å². The molecule has 0 fully saturated rings. The second-order valence-corrected chi connectivity index (χ2v) is 9.35. The van der Waals surface area contributed by atoms with Crippen LogP contribution in [0.5, 0.6) is 5.75 Å². The Morgan fingerprint density at radius 3 is 2.65 bits per heavy atom. The predicted molar refractivity (Wildman–Crippen MR) is 122 cm³/mol. The number of amides is 2. The lowest BCUT2D eigenvalue weighted by atomic mass is 9.93. The molecule has 172 valence electrons. The van der Waals surface area contributed by atoms with E-state index in [2.05, 4.69) is 26.1 Å². The smallest absolute Gasteiger partial charge is 0.322 e. The van der Waals surface area contributed by atoms with Gasteiger partial charge in [0.05, 0.1) is 24.3 Å². The van der Waals surface area contributed by atoms with E-state index in [1.807, 2.05) is 19.1 Å². The molecular formula is C23H34ClN3O4. The lowest BCUT2D eigenvalue weighted by Gasteiger charge is -2.34. The van der Waals surface area contributed by atoms with Crippen molar-refractivity contribution in [2.24, 2.45) is 11.1 Å². The summed E-state index contributed by atoms with van der Waals surface area (Å²) in [6, 6.07) is 4.60. The molecule has 0 radical (unpaired) electrons. The van der Waals surface area contributed by atoms with Gasteiger partial charge in [-0.3, -0.25) is 4.79 Å². The van der Waals surface area contributed by atoms with Crippen molar-refractivity contribution >= 4 is 23.6 Å². The fourth-order valence-corrected chi connectivity index (χ4v) is 3.40. The standard InChI is InChI=1S/C23H34ClN3O4/c1-6-30-20(28)8-7-11-27-13-17(15(2)25)21(26-22(27)29)16-9-10-19(18(24)12-16)31-14-23(3,4)5/h9-10,12-13,15,21H,6-8,11,14,25H2,1-5H3,(H,26,29). The molecule has 1 aliphatic rings. The second kappa shape index (κ2) is 10.9. The molecule has 8 heteroatoms. The number of nitrogens with zero attached hydrogens (tertiary/aromatic N) is 1. The van der Waals surface area contributed by atoms with Crippen LogP contribution in [-0.4, -0.2) is 42.7 Å². The van der Waals surface area contributed by atoms with Gasteiger partial charge in [-0.15, -0.1) is 0 Å². The number of carbonyl (C=O) groups excluding carboxylic acids is 2. The molecule has 0 saturated carbocycles. The van der Waals surface area contributed by atoms with Gasteiger partial charge in [0.2, 0.25) is 0 Å². The largest absolute Gasteiger partial charge is 0.491 e. The molecule has 0 aliphatic carbocycles. The van der Waals surface area contributed by atoms with Crippen molar-refractivity contribution in [3.8, 4) is 5.75 Å². The molecule has 0 bridgehead atoms. The van der Waals surface area contributed by atoms with Crippen molar-refractivity contribution in [3.05, 3.63) is 40.6 Å². The van der Waals surface area contributed by atoms with Crippen LogP contribution in [0.25, 0.3) is 0 Å². The molecule has 2 unspecified atom stereocenters. The maximum absolute atomic E-state index is 12.7. The summed E-state index contributed by atoms with van der Waals surface area (Å²) in [4.78, 5) is 25.8. The van der Waals surface area contributed by atoms with Crippen molar-refractivity contribution in [1.29, 1.82) is 0 Å². The average Bonchev–Trinajstić information content (AvgIpc) is 2.67. The SMILES string of the molecule is CCOC(=O)CCCN1C=C(C(C)N)C(c2ccc(OCC(C)(C)C)c(Cl)c2)NC1=O. The van der Waals surface area contributed by atoms with Crippen molar-refractivity contribution in [2.75, 3.05) is 19.8 Å². The van der Waals surface area contributed by atoms with E-state index in [0.29, 0.717) is 37.0 Å². The van der Waals surface area contributed by atoms with Gasteiger partial charge < -0.3 is 25.4 Å². The highest BCUT2D eigenvalue weighted by molar-refractivity contribution is 6.32. The molecule has 1 heterocycles. The van der Waals surface area contributed by atoms with E-state index in [0.717, 1.165) is 11.1 Å². The van der Waals surface area contributed by atoms with E-state index >= 15 is 0 Å². The van der Waals surface area contributed by atoms with Crippen molar-refractivity contribution < 1.29 is 19.1 Å². The Morgan fingerprint density at radius 2 is 2.06 bits per heavy atom. The molecule has 0 spiro atoms. The highest BCUT2D eigenvalue weighted by Gasteiger charge is 2.30. The van der Waals surface area contributed by atoms with Crippen LogP contribution in [0.15, 0.2) is 30.0 Å². The fourth-order valence-electron chi connectivity index (χ4n) is 3.16. The minimum atomic E-state index is -0.386. The number of nitrogens with one attached hydrogen (secondary N) is 1. The van der Waals surface area contributed by atoms with Gasteiger partial charge in [-0.2, -0.15) is 0 Å². The first-order valence-electron chi connectivity index (χ1n) is 10.6. The summed E-state index contributed by atoms with van der Waals surface area (Å²) >= 11 is 6.45. The van der Waals surface area contributed by atoms with E-state index < -0.39 is 0 Å². The molecule has 3 N–H and O–H groups in total. The summed E-state index contributed by atoms with van der Waals surface area (Å²) in [5.74, 6) is 0.340. The summed E-state index contributed by atoms with van der Waals surface area (Å²) in [5, 5.41) is 3.49. The lowest BCUT2D eigenvalue weighted by Crippen LogP contribution is -2.47. The minimum absolute atomic E-state index is 0.0149. The van der Waals surface area contributed by atoms with Gasteiger partial charge in [-0.05, 0) is 49.0 Å². The van der Waals surface area contributed by atoms with Crippen LogP contribution in [0.2, 0.25) is 5.02 Å². The summed E-state index contributed by atoms with van der Waals surface area (Å²) in [7, 11) is 0. The Kier molecular flexibility index (Phi) is 8.77. The van der Waals surface area contributed by atoms with Crippen LogP contribution in [0.1, 0.15) is 59.1 Å². The highest BCUT2D eigenvalue weighted by Crippen LogP contribution is 2.34. The average molecular weight is 452 g/mol. The quantitative estimate of drug-likeness (QED) is 0.542. The first-order valence-corrected chi connectivity index (χ1v) is 11.0. The molecule has 0 aromatic heterocycles. The van der Waals surface area contributed by atoms with Gasteiger partial charge >= 0.3 is 12.0 Å². The Hall–Kier alpha value is -2.25. The maximum atomic E-state index is 12.7. The third kappa shape index (κ3) is 7.43. The van der Waals surface area contributed by atoms with E-state index in [-0.39, 0.29) is 35.9 Å². The van der Waals surface area contributed by atoms with Crippen LogP contribution in [0, 0.1) is 5.41 Å². The molecule has 2 rings (SSSR count). The van der Waals surface area contributed by atoms with Gasteiger partial charge in [0.25, 0.3) is 0 Å². The first kappa shape index (κ1) is 25.0. The van der Waals surface area contributed by atoms with Crippen molar-refractivity contribution in [3.63, 3.8) is 0 Å². The Bertz CT molecular complexity index is 818. The summed E-state index contributed by atoms with van der Waals surface area (Å²) in [5.41, 5.74) is 7.91. The van der Waals surface area contributed by atoms with Gasteiger partial charge in [0.1, 0.15) is 5.75 Å². The normalized spacial score (nSPS) is 17.6. The molecule has 1 aliphatic heterocycles. The van der Waals surface area contributed by atoms with Gasteiger partial charge in [0.15, 0.2) is 0 Å². The maximum Gasteiger partial charge on any atom is 0.322 e. The minimum Gasteiger partial charge on any atom is -0.491 e. The summed E-state index contributed by atoms with van der Waals surface area (Å²) in [6.07, 6.45) is 2.54. The molecule has 1 aromatic rings. The monoisotopic (exact) mass is 451 g/mol. The number of carbonyl (C=O) groups is 2. The number of benzene rings is 1. The topological polar surface area (TPSA) is 93.9 Å². The summed E-state index contributed by atoms with van der Waals surface area (Å²) < 4.78 is 10.8. The van der Waals surface area contributed by atoms with E-state index in [4.69, 9.17) is 26.8 Å². The molecule has 7 nitrogen and oxygen atoms in total. The number of rotatable bonds is 9. The fraction of sp³-hybridized carbons (Fsp3) is 0.565. The molecular weight excluding hydrogens is 418 g/mol. The molecule has 1 aromatic carbocycles. The number of hydrogen-bond donors (Lipinski definition) is 2. The van der Waals surface area contributed by atoms with E-state index in [1.54, 1.807) is 24.1 Å². The molecule has 0 saturated heterocycles. The second-order valence-electron chi connectivity index (χ2n) is 8.94. The molecule has 31 heavy (non-hydrogen) atoms. The van der Waals surface area contributed by atoms with Crippen LogP contribution in [0.4, 0.5) is 4.79 Å². The first-order chi connectivity index (χ1) is 14.5.